The number of hydrogen-bond donors (Lipinski definition) is 2. The van der Waals surface area contributed by atoms with E-state index in [2.05, 4.69) is 56.5 Å². The van der Waals surface area contributed by atoms with E-state index in [0.717, 1.165) is 18.8 Å². The lowest BCUT2D eigenvalue weighted by Crippen LogP contribution is -2.43. The topological polar surface area (TPSA) is 50.4 Å². The third-order valence-electron chi connectivity index (χ3n) is 4.07. The molecular weight excluding hydrogens is 276 g/mol. The first-order chi connectivity index (χ1) is 10.5. The highest BCUT2D eigenvalue weighted by atomic mass is 16.5. The van der Waals surface area contributed by atoms with Crippen LogP contribution in [0.4, 0.5) is 5.69 Å². The van der Waals surface area contributed by atoms with Crippen molar-refractivity contribution in [3.63, 3.8) is 0 Å². The molecule has 0 radical (unpaired) electrons. The second kappa shape index (κ2) is 7.75. The van der Waals surface area contributed by atoms with E-state index in [-0.39, 0.29) is 11.9 Å². The van der Waals surface area contributed by atoms with Crippen LogP contribution < -0.4 is 10.6 Å². The van der Waals surface area contributed by atoms with Gasteiger partial charge in [-0.15, -0.1) is 0 Å². The first-order valence-corrected chi connectivity index (χ1v) is 8.22. The highest BCUT2D eigenvalue weighted by molar-refractivity contribution is 5.93. The van der Waals surface area contributed by atoms with Gasteiger partial charge in [0, 0.05) is 24.7 Å². The Bertz CT molecular complexity index is 480. The Kier molecular flexibility index (Phi) is 5.98. The fourth-order valence-electron chi connectivity index (χ4n) is 2.86. The van der Waals surface area contributed by atoms with Gasteiger partial charge in [-0.1, -0.05) is 45.9 Å². The zero-order valence-electron chi connectivity index (χ0n) is 14.1. The van der Waals surface area contributed by atoms with Crippen molar-refractivity contribution >= 4 is 11.6 Å². The van der Waals surface area contributed by atoms with Crippen molar-refractivity contribution < 1.29 is 9.53 Å². The summed E-state index contributed by atoms with van der Waals surface area (Å²) in [6.07, 6.45) is 0.448. The molecule has 1 aromatic rings. The molecule has 122 valence electrons. The number of carbonyl (C=O) groups is 1. The van der Waals surface area contributed by atoms with Crippen molar-refractivity contribution in [2.45, 2.75) is 52.0 Å². The zero-order valence-corrected chi connectivity index (χ0v) is 14.1. The Morgan fingerprint density at radius 2 is 1.91 bits per heavy atom. The van der Waals surface area contributed by atoms with Crippen LogP contribution in [0.15, 0.2) is 18.2 Å². The van der Waals surface area contributed by atoms with Crippen LogP contribution in [0.3, 0.4) is 0 Å². The van der Waals surface area contributed by atoms with Crippen molar-refractivity contribution in [2.24, 2.45) is 0 Å². The molecule has 1 aliphatic rings. The second-order valence-corrected chi connectivity index (χ2v) is 6.60. The summed E-state index contributed by atoms with van der Waals surface area (Å²) in [5, 5.41) is 6.48. The van der Waals surface area contributed by atoms with Crippen molar-refractivity contribution in [3.05, 3.63) is 29.3 Å². The highest BCUT2D eigenvalue weighted by Crippen LogP contribution is 2.32. The Labute approximate surface area is 133 Å². The smallest absolute Gasteiger partial charge is 0.226 e. The molecule has 1 unspecified atom stereocenters. The fourth-order valence-corrected chi connectivity index (χ4v) is 2.86. The minimum absolute atomic E-state index is 0.0537. The van der Waals surface area contributed by atoms with Gasteiger partial charge in [0.05, 0.1) is 13.2 Å². The molecule has 1 heterocycles. The Morgan fingerprint density at radius 1 is 1.27 bits per heavy atom. The molecule has 1 atom stereocenters. The van der Waals surface area contributed by atoms with E-state index in [4.69, 9.17) is 4.74 Å². The highest BCUT2D eigenvalue weighted by Gasteiger charge is 2.20. The fraction of sp³-hybridized carbons (Fsp3) is 0.611. The average molecular weight is 304 g/mol. The molecule has 4 nitrogen and oxygen atoms in total. The minimum Gasteiger partial charge on any atom is -0.378 e. The van der Waals surface area contributed by atoms with Gasteiger partial charge < -0.3 is 15.4 Å². The molecule has 1 saturated heterocycles. The van der Waals surface area contributed by atoms with Crippen molar-refractivity contribution in [2.75, 3.05) is 25.1 Å². The Balaban J connectivity index is 2.14. The number of morpholine rings is 1. The van der Waals surface area contributed by atoms with E-state index in [9.17, 15) is 4.79 Å². The molecule has 0 aliphatic carbocycles. The monoisotopic (exact) mass is 304 g/mol. The molecule has 4 heteroatoms. The number of rotatable bonds is 5. The van der Waals surface area contributed by atoms with Crippen LogP contribution in [0, 0.1) is 0 Å². The number of anilines is 1. The molecule has 1 aromatic carbocycles. The summed E-state index contributed by atoms with van der Waals surface area (Å²) in [6, 6.07) is 6.40. The van der Waals surface area contributed by atoms with Crippen LogP contribution in [0.5, 0.6) is 0 Å². The maximum absolute atomic E-state index is 12.4. The number of carbonyl (C=O) groups excluding carboxylic acids is 1. The largest absolute Gasteiger partial charge is 0.378 e. The van der Waals surface area contributed by atoms with Crippen LogP contribution in [-0.4, -0.2) is 31.7 Å². The molecule has 1 amide bonds. The summed E-state index contributed by atoms with van der Waals surface area (Å²) in [7, 11) is 0. The molecule has 0 bridgehead atoms. The first kappa shape index (κ1) is 17.0. The van der Waals surface area contributed by atoms with Gasteiger partial charge in [-0.3, -0.25) is 4.79 Å². The quantitative estimate of drug-likeness (QED) is 0.878. The summed E-state index contributed by atoms with van der Waals surface area (Å²) < 4.78 is 5.41. The number of nitrogens with one attached hydrogen (secondary N) is 2. The number of benzene rings is 1. The van der Waals surface area contributed by atoms with Gasteiger partial charge in [-0.05, 0) is 23.0 Å². The van der Waals surface area contributed by atoms with Crippen molar-refractivity contribution in [3.8, 4) is 0 Å². The van der Waals surface area contributed by atoms with Crippen LogP contribution >= 0.6 is 0 Å². The molecule has 0 spiro atoms. The SMILES string of the molecule is CC(C)c1cccc(C(C)C)c1NC(=O)CC1COCCN1. The second-order valence-electron chi connectivity index (χ2n) is 6.60. The molecule has 0 saturated carbocycles. The molecule has 1 aliphatic heterocycles. The molecular formula is C18H28N2O2. The van der Waals surface area contributed by atoms with Gasteiger partial charge in [0.15, 0.2) is 0 Å². The summed E-state index contributed by atoms with van der Waals surface area (Å²) in [5.74, 6) is 0.813. The molecule has 2 N–H and O–H groups in total. The van der Waals surface area contributed by atoms with Gasteiger partial charge in [0.1, 0.15) is 0 Å². The number of hydrogen-bond acceptors (Lipinski definition) is 3. The third-order valence-corrected chi connectivity index (χ3v) is 4.07. The number of amides is 1. The number of para-hydroxylation sites is 1. The molecule has 2 rings (SSSR count). The van der Waals surface area contributed by atoms with Gasteiger partial charge in [0.2, 0.25) is 5.91 Å². The van der Waals surface area contributed by atoms with Crippen molar-refractivity contribution in [1.29, 1.82) is 0 Å². The minimum atomic E-state index is 0.0537. The lowest BCUT2D eigenvalue weighted by molar-refractivity contribution is -0.117. The predicted molar refractivity (Wildman–Crippen MR) is 90.5 cm³/mol. The molecule has 22 heavy (non-hydrogen) atoms. The number of ether oxygens (including phenoxy) is 1. The average Bonchev–Trinajstić information content (AvgIpc) is 2.47. The van der Waals surface area contributed by atoms with Gasteiger partial charge >= 0.3 is 0 Å². The van der Waals surface area contributed by atoms with E-state index < -0.39 is 0 Å². The summed E-state index contributed by atoms with van der Waals surface area (Å²) in [4.78, 5) is 12.4. The maximum Gasteiger partial charge on any atom is 0.226 e. The first-order valence-electron chi connectivity index (χ1n) is 8.22. The van der Waals surface area contributed by atoms with E-state index in [1.54, 1.807) is 0 Å². The molecule has 1 fully saturated rings. The van der Waals surface area contributed by atoms with Gasteiger partial charge in [-0.2, -0.15) is 0 Å². The Hall–Kier alpha value is -1.39. The summed E-state index contributed by atoms with van der Waals surface area (Å²) >= 11 is 0. The van der Waals surface area contributed by atoms with Crippen LogP contribution in [0.25, 0.3) is 0 Å². The van der Waals surface area contributed by atoms with E-state index >= 15 is 0 Å². The predicted octanol–water partition coefficient (Wildman–Crippen LogP) is 3.25. The van der Waals surface area contributed by atoms with Gasteiger partial charge in [0.25, 0.3) is 0 Å². The third kappa shape index (κ3) is 4.31. The lowest BCUT2D eigenvalue weighted by Gasteiger charge is -2.24. The van der Waals surface area contributed by atoms with Crippen LogP contribution in [0.2, 0.25) is 0 Å². The van der Waals surface area contributed by atoms with E-state index in [1.807, 2.05) is 0 Å². The van der Waals surface area contributed by atoms with E-state index in [1.165, 1.54) is 11.1 Å². The van der Waals surface area contributed by atoms with Crippen LogP contribution in [-0.2, 0) is 9.53 Å². The molecule has 0 aromatic heterocycles. The normalized spacial score (nSPS) is 18.7. The van der Waals surface area contributed by atoms with Gasteiger partial charge in [-0.25, -0.2) is 0 Å². The standard InChI is InChI=1S/C18H28N2O2/c1-12(2)15-6-5-7-16(13(3)4)18(15)20-17(21)10-14-11-22-9-8-19-14/h5-7,12-14,19H,8-11H2,1-4H3,(H,20,21). The Morgan fingerprint density at radius 3 is 2.41 bits per heavy atom. The van der Waals surface area contributed by atoms with Crippen molar-refractivity contribution in [1.82, 2.24) is 5.32 Å². The van der Waals surface area contributed by atoms with E-state index in [0.29, 0.717) is 24.9 Å². The zero-order chi connectivity index (χ0) is 16.1. The lowest BCUT2D eigenvalue weighted by atomic mass is 9.92. The summed E-state index contributed by atoms with van der Waals surface area (Å²) in [6.45, 7) is 10.8. The summed E-state index contributed by atoms with van der Waals surface area (Å²) in [5.41, 5.74) is 3.40. The van der Waals surface area contributed by atoms with Crippen LogP contribution in [0.1, 0.15) is 57.1 Å². The maximum atomic E-state index is 12.4.